The molecule has 0 atom stereocenters. The quantitative estimate of drug-likeness (QED) is 0.765. The third-order valence-electron chi connectivity index (χ3n) is 3.35. The Hall–Kier alpha value is -2.62. The van der Waals surface area contributed by atoms with E-state index < -0.39 is 0 Å². The molecule has 0 aliphatic rings. The third-order valence-corrected chi connectivity index (χ3v) is 3.35. The fourth-order valence-electron chi connectivity index (χ4n) is 2.27. The zero-order chi connectivity index (χ0) is 13.9. The van der Waals surface area contributed by atoms with Gasteiger partial charge in [0, 0.05) is 17.1 Å². The van der Waals surface area contributed by atoms with Crippen LogP contribution in [0.4, 0.5) is 0 Å². The lowest BCUT2D eigenvalue weighted by Crippen LogP contribution is -2.24. The summed E-state index contributed by atoms with van der Waals surface area (Å²) >= 11 is 0. The topological polar surface area (TPSA) is 57.8 Å². The van der Waals surface area contributed by atoms with Gasteiger partial charge < -0.3 is 10.3 Å². The molecule has 0 unspecified atom stereocenters. The van der Waals surface area contributed by atoms with Crippen LogP contribution >= 0.6 is 0 Å². The van der Waals surface area contributed by atoms with Crippen molar-refractivity contribution in [1.29, 1.82) is 0 Å². The summed E-state index contributed by atoms with van der Waals surface area (Å²) < 4.78 is 0. The van der Waals surface area contributed by atoms with Crippen molar-refractivity contribution in [3.8, 4) is 0 Å². The van der Waals surface area contributed by atoms with E-state index in [1.807, 2.05) is 49.4 Å². The molecule has 0 bridgehead atoms. The van der Waals surface area contributed by atoms with Crippen LogP contribution in [0.1, 0.15) is 21.7 Å². The first-order chi connectivity index (χ1) is 9.75. The zero-order valence-electron chi connectivity index (χ0n) is 11.2. The second-order valence-corrected chi connectivity index (χ2v) is 4.67. The monoisotopic (exact) mass is 265 g/mol. The van der Waals surface area contributed by atoms with Crippen LogP contribution in [0.15, 0.2) is 48.7 Å². The first-order valence-corrected chi connectivity index (χ1v) is 6.51. The Morgan fingerprint density at radius 1 is 1.20 bits per heavy atom. The van der Waals surface area contributed by atoms with Crippen molar-refractivity contribution in [2.24, 2.45) is 0 Å². The third kappa shape index (κ3) is 2.28. The van der Waals surface area contributed by atoms with Crippen LogP contribution in [-0.4, -0.2) is 15.9 Å². The number of aryl methyl sites for hydroxylation is 1. The molecule has 4 nitrogen and oxygen atoms in total. The number of H-pyrrole nitrogens is 1. The fraction of sp³-hybridized carbons (Fsp3) is 0.125. The Bertz CT molecular complexity index is 747. The highest BCUT2D eigenvalue weighted by Crippen LogP contribution is 2.21. The molecule has 3 rings (SSSR count). The normalized spacial score (nSPS) is 10.7. The van der Waals surface area contributed by atoms with E-state index >= 15 is 0 Å². The Morgan fingerprint density at radius 2 is 2.00 bits per heavy atom. The molecule has 0 aliphatic carbocycles. The first-order valence-electron chi connectivity index (χ1n) is 6.51. The van der Waals surface area contributed by atoms with Gasteiger partial charge in [0.2, 0.25) is 0 Å². The maximum absolute atomic E-state index is 12.2. The number of pyridine rings is 1. The predicted octanol–water partition coefficient (Wildman–Crippen LogP) is 2.80. The maximum atomic E-state index is 12.2. The van der Waals surface area contributed by atoms with E-state index in [2.05, 4.69) is 15.3 Å². The van der Waals surface area contributed by atoms with Gasteiger partial charge in [-0.3, -0.25) is 9.78 Å². The largest absolute Gasteiger partial charge is 0.350 e. The van der Waals surface area contributed by atoms with Crippen molar-refractivity contribution in [2.45, 2.75) is 13.5 Å². The van der Waals surface area contributed by atoms with Gasteiger partial charge in [-0.05, 0) is 30.7 Å². The molecule has 0 saturated heterocycles. The number of para-hydroxylation sites is 1. The molecule has 1 aromatic carbocycles. The molecule has 100 valence electrons. The number of hydrogen-bond acceptors (Lipinski definition) is 2. The van der Waals surface area contributed by atoms with E-state index in [0.29, 0.717) is 12.2 Å². The highest BCUT2D eigenvalue weighted by Gasteiger charge is 2.13. The minimum atomic E-state index is -0.107. The number of rotatable bonds is 3. The average Bonchev–Trinajstić information content (AvgIpc) is 2.84. The molecule has 0 saturated carbocycles. The Balaban J connectivity index is 1.81. The molecule has 2 aromatic heterocycles. The highest BCUT2D eigenvalue weighted by atomic mass is 16.1. The molecular weight excluding hydrogens is 250 g/mol. The molecule has 0 fully saturated rings. The van der Waals surface area contributed by atoms with E-state index in [9.17, 15) is 4.79 Å². The van der Waals surface area contributed by atoms with Gasteiger partial charge >= 0.3 is 0 Å². The van der Waals surface area contributed by atoms with Gasteiger partial charge in [0.1, 0.15) is 5.69 Å². The van der Waals surface area contributed by atoms with Crippen LogP contribution in [-0.2, 0) is 6.54 Å². The summed E-state index contributed by atoms with van der Waals surface area (Å²) in [6.45, 7) is 2.38. The number of carbonyl (C=O) groups excluding carboxylic acids is 1. The standard InChI is InChI=1S/C16H15N3O/c1-11-13-7-2-3-8-14(13)19-15(11)16(20)18-10-12-6-4-5-9-17-12/h2-9,19H,10H2,1H3,(H,18,20). The van der Waals surface area contributed by atoms with Crippen LogP contribution in [0.5, 0.6) is 0 Å². The number of benzene rings is 1. The molecule has 4 heteroatoms. The first kappa shape index (κ1) is 12.4. The lowest BCUT2D eigenvalue weighted by Gasteiger charge is -2.04. The van der Waals surface area contributed by atoms with E-state index in [1.165, 1.54) is 0 Å². The number of carbonyl (C=O) groups is 1. The average molecular weight is 265 g/mol. The van der Waals surface area contributed by atoms with Crippen molar-refractivity contribution >= 4 is 16.8 Å². The molecule has 20 heavy (non-hydrogen) atoms. The van der Waals surface area contributed by atoms with Gasteiger partial charge in [-0.1, -0.05) is 24.3 Å². The molecule has 2 N–H and O–H groups in total. The zero-order valence-corrected chi connectivity index (χ0v) is 11.2. The number of fused-ring (bicyclic) bond motifs is 1. The van der Waals surface area contributed by atoms with Crippen LogP contribution in [0, 0.1) is 6.92 Å². The van der Waals surface area contributed by atoms with Gasteiger partial charge in [-0.15, -0.1) is 0 Å². The minimum Gasteiger partial charge on any atom is -0.350 e. The Kier molecular flexibility index (Phi) is 3.21. The molecule has 0 radical (unpaired) electrons. The van der Waals surface area contributed by atoms with E-state index in [4.69, 9.17) is 0 Å². The number of aromatic amines is 1. The lowest BCUT2D eigenvalue weighted by atomic mass is 10.1. The summed E-state index contributed by atoms with van der Waals surface area (Å²) in [6.07, 6.45) is 1.72. The van der Waals surface area contributed by atoms with Crippen LogP contribution in [0.3, 0.4) is 0 Å². The second kappa shape index (κ2) is 5.17. The maximum Gasteiger partial charge on any atom is 0.268 e. The Labute approximate surface area is 116 Å². The lowest BCUT2D eigenvalue weighted by molar-refractivity contribution is 0.0945. The number of nitrogens with zero attached hydrogens (tertiary/aromatic N) is 1. The van der Waals surface area contributed by atoms with Gasteiger partial charge in [0.25, 0.3) is 5.91 Å². The van der Waals surface area contributed by atoms with Crippen molar-refractivity contribution in [3.63, 3.8) is 0 Å². The van der Waals surface area contributed by atoms with Gasteiger partial charge in [0.15, 0.2) is 0 Å². The minimum absolute atomic E-state index is 0.107. The van der Waals surface area contributed by atoms with Gasteiger partial charge in [0.05, 0.1) is 12.2 Å². The van der Waals surface area contributed by atoms with Crippen molar-refractivity contribution in [3.05, 3.63) is 65.6 Å². The van der Waals surface area contributed by atoms with Crippen molar-refractivity contribution < 1.29 is 4.79 Å². The fourth-order valence-corrected chi connectivity index (χ4v) is 2.27. The summed E-state index contributed by atoms with van der Waals surface area (Å²) in [4.78, 5) is 19.6. The Morgan fingerprint density at radius 3 is 2.75 bits per heavy atom. The van der Waals surface area contributed by atoms with Crippen LogP contribution in [0.2, 0.25) is 0 Å². The number of amides is 1. The predicted molar refractivity (Wildman–Crippen MR) is 78.4 cm³/mol. The SMILES string of the molecule is Cc1c(C(=O)NCc2ccccn2)[nH]c2ccccc12. The summed E-state index contributed by atoms with van der Waals surface area (Å²) in [5, 5.41) is 3.96. The summed E-state index contributed by atoms with van der Waals surface area (Å²) in [5.74, 6) is -0.107. The van der Waals surface area contributed by atoms with E-state index in [0.717, 1.165) is 22.2 Å². The van der Waals surface area contributed by atoms with Crippen LogP contribution < -0.4 is 5.32 Å². The van der Waals surface area contributed by atoms with E-state index in [-0.39, 0.29) is 5.91 Å². The van der Waals surface area contributed by atoms with E-state index in [1.54, 1.807) is 6.20 Å². The molecule has 0 aliphatic heterocycles. The smallest absolute Gasteiger partial charge is 0.268 e. The molecule has 1 amide bonds. The van der Waals surface area contributed by atoms with Gasteiger partial charge in [-0.2, -0.15) is 0 Å². The number of aromatic nitrogens is 2. The molecular formula is C16H15N3O. The molecule has 0 spiro atoms. The summed E-state index contributed by atoms with van der Waals surface area (Å²) in [6, 6.07) is 13.6. The summed E-state index contributed by atoms with van der Waals surface area (Å²) in [5.41, 5.74) is 3.41. The summed E-state index contributed by atoms with van der Waals surface area (Å²) in [7, 11) is 0. The second-order valence-electron chi connectivity index (χ2n) is 4.67. The van der Waals surface area contributed by atoms with Gasteiger partial charge in [-0.25, -0.2) is 0 Å². The van der Waals surface area contributed by atoms with Crippen LogP contribution in [0.25, 0.3) is 10.9 Å². The van der Waals surface area contributed by atoms with Crippen molar-refractivity contribution in [2.75, 3.05) is 0 Å². The molecule has 3 aromatic rings. The number of hydrogen-bond donors (Lipinski definition) is 2. The van der Waals surface area contributed by atoms with Crippen molar-refractivity contribution in [1.82, 2.24) is 15.3 Å². The molecule has 2 heterocycles. The highest BCUT2D eigenvalue weighted by molar-refractivity contribution is 6.00. The number of nitrogens with one attached hydrogen (secondary N) is 2.